The fourth-order valence-electron chi connectivity index (χ4n) is 5.24. The molecule has 4 aromatic rings. The molecule has 0 saturated heterocycles. The Morgan fingerprint density at radius 2 is 1.98 bits per heavy atom. The number of aromatic nitrogens is 2. The van der Waals surface area contributed by atoms with E-state index >= 15 is 0 Å². The lowest BCUT2D eigenvalue weighted by molar-refractivity contribution is -0.385. The molecule has 3 heterocycles. The molecule has 2 aromatic carbocycles. The third-order valence-electron chi connectivity index (χ3n) is 7.13. The van der Waals surface area contributed by atoms with Gasteiger partial charge in [0.1, 0.15) is 0 Å². The lowest BCUT2D eigenvalue weighted by Gasteiger charge is -2.24. The number of benzene rings is 2. The highest BCUT2D eigenvalue weighted by Crippen LogP contribution is 2.33. The molecule has 204 valence electrons. The molecule has 0 unspecified atom stereocenters. The molecule has 40 heavy (non-hydrogen) atoms. The van der Waals surface area contributed by atoms with Crippen LogP contribution in [0.2, 0.25) is 0 Å². The van der Waals surface area contributed by atoms with Crippen LogP contribution in [-0.4, -0.2) is 26.6 Å². The second-order valence-corrected chi connectivity index (χ2v) is 10.5. The van der Waals surface area contributed by atoms with E-state index in [1.54, 1.807) is 32.9 Å². The number of para-hydroxylation sites is 1. The van der Waals surface area contributed by atoms with Gasteiger partial charge in [0.05, 0.1) is 33.4 Å². The van der Waals surface area contributed by atoms with Gasteiger partial charge in [0.25, 0.3) is 11.2 Å². The summed E-state index contributed by atoms with van der Waals surface area (Å²) in [5, 5.41) is 12.8. The molecule has 9 nitrogen and oxygen atoms in total. The minimum Gasteiger partial charge on any atom is -0.463 e. The molecule has 0 spiro atoms. The number of fused-ring (bicyclic) bond motifs is 2. The van der Waals surface area contributed by atoms with Crippen LogP contribution in [0.15, 0.2) is 76.2 Å². The summed E-state index contributed by atoms with van der Waals surface area (Å²) in [5.41, 5.74) is 3.98. The van der Waals surface area contributed by atoms with Crippen LogP contribution < -0.4 is 14.9 Å². The maximum absolute atomic E-state index is 14.1. The van der Waals surface area contributed by atoms with Gasteiger partial charge in [-0.05, 0) is 45.4 Å². The molecule has 0 aliphatic carbocycles. The Hall–Kier alpha value is -4.57. The minimum atomic E-state index is -0.931. The molecule has 0 N–H and O–H groups in total. The van der Waals surface area contributed by atoms with Crippen LogP contribution in [0.1, 0.15) is 42.3 Å². The number of nitrogens with zero attached hydrogens (tertiary/aromatic N) is 4. The summed E-state index contributed by atoms with van der Waals surface area (Å²) in [6.07, 6.45) is 3.69. The Kier molecular flexibility index (Phi) is 7.12. The maximum Gasteiger partial charge on any atom is 0.338 e. The largest absolute Gasteiger partial charge is 0.463 e. The Bertz CT molecular complexity index is 1930. The normalized spacial score (nSPS) is 15.2. The van der Waals surface area contributed by atoms with Crippen LogP contribution >= 0.6 is 11.3 Å². The van der Waals surface area contributed by atoms with Crippen LogP contribution in [0.4, 0.5) is 5.69 Å². The number of nitro benzene ring substituents is 1. The molecular weight excluding hydrogens is 528 g/mol. The lowest BCUT2D eigenvalue weighted by atomic mass is 9.94. The van der Waals surface area contributed by atoms with Crippen molar-refractivity contribution in [1.29, 1.82) is 0 Å². The number of hydrogen-bond acceptors (Lipinski definition) is 7. The highest BCUT2D eigenvalue weighted by atomic mass is 32.1. The highest BCUT2D eigenvalue weighted by Gasteiger charge is 2.34. The predicted molar refractivity (Wildman–Crippen MR) is 155 cm³/mol. The van der Waals surface area contributed by atoms with E-state index in [0.717, 1.165) is 22.2 Å². The van der Waals surface area contributed by atoms with Crippen molar-refractivity contribution in [3.05, 3.63) is 119 Å². The van der Waals surface area contributed by atoms with Crippen molar-refractivity contribution in [3.8, 4) is 0 Å². The van der Waals surface area contributed by atoms with Gasteiger partial charge in [-0.15, -0.1) is 6.58 Å². The SMILES string of the molecule is C=CCn1c(C)c(/C=c2/sc3n(c2=O)[C@H](c2ccc(C)c([N+](=O)[O-])c2)C(C(=O)OCC)=C(C)N=3)c2ccccc21. The summed E-state index contributed by atoms with van der Waals surface area (Å²) in [7, 11) is 0. The van der Waals surface area contributed by atoms with Gasteiger partial charge in [-0.1, -0.05) is 47.7 Å². The average molecular weight is 557 g/mol. The van der Waals surface area contributed by atoms with Crippen LogP contribution in [-0.2, 0) is 16.1 Å². The number of hydrogen-bond donors (Lipinski definition) is 0. The summed E-state index contributed by atoms with van der Waals surface area (Å²) in [6.45, 7) is 11.7. The molecule has 10 heteroatoms. The van der Waals surface area contributed by atoms with Crippen molar-refractivity contribution in [2.45, 2.75) is 40.3 Å². The zero-order chi connectivity index (χ0) is 28.7. The van der Waals surface area contributed by atoms with E-state index in [9.17, 15) is 19.7 Å². The first kappa shape index (κ1) is 27.0. The van der Waals surface area contributed by atoms with Gasteiger partial charge in [0.15, 0.2) is 4.80 Å². The number of carbonyl (C=O) groups is 1. The van der Waals surface area contributed by atoms with Gasteiger partial charge in [-0.3, -0.25) is 19.5 Å². The fraction of sp³-hybridized carbons (Fsp3) is 0.233. The average Bonchev–Trinajstić information content (AvgIpc) is 3.37. The number of rotatable bonds is 7. The molecule has 0 bridgehead atoms. The third-order valence-corrected chi connectivity index (χ3v) is 8.11. The Morgan fingerprint density at radius 3 is 2.67 bits per heavy atom. The maximum atomic E-state index is 14.1. The number of allylic oxidation sites excluding steroid dienone is 2. The first-order valence-electron chi connectivity index (χ1n) is 12.8. The van der Waals surface area contributed by atoms with Crippen LogP contribution in [0.3, 0.4) is 0 Å². The molecule has 1 atom stereocenters. The van der Waals surface area contributed by atoms with Crippen LogP contribution in [0.5, 0.6) is 0 Å². The standard InChI is InChI=1S/C30H28N4O5S/c1-6-14-32-19(5)22(21-10-8-9-11-23(21)32)16-25-28(35)33-27(20-13-12-17(3)24(15-20)34(37)38)26(29(36)39-7-2)18(4)31-30(33)40-25/h6,8-13,15-16,27H,1,7,14H2,2-5H3/b25-16+/t27-/m1/s1. The summed E-state index contributed by atoms with van der Waals surface area (Å²) in [5.74, 6) is -0.616. The molecule has 1 aliphatic rings. The number of nitro groups is 1. The second kappa shape index (κ2) is 10.5. The quantitative estimate of drug-likeness (QED) is 0.145. The van der Waals surface area contributed by atoms with Gasteiger partial charge in [0, 0.05) is 40.3 Å². The van der Waals surface area contributed by atoms with Gasteiger partial charge >= 0.3 is 5.97 Å². The highest BCUT2D eigenvalue weighted by molar-refractivity contribution is 7.07. The Morgan fingerprint density at radius 1 is 1.23 bits per heavy atom. The van der Waals surface area contributed by atoms with Crippen LogP contribution in [0.25, 0.3) is 17.0 Å². The van der Waals surface area contributed by atoms with Crippen molar-refractivity contribution >= 4 is 40.0 Å². The summed E-state index contributed by atoms with van der Waals surface area (Å²) >= 11 is 1.22. The molecular formula is C30H28N4O5S. The summed E-state index contributed by atoms with van der Waals surface area (Å²) in [4.78, 5) is 43.5. The van der Waals surface area contributed by atoms with Crippen LogP contribution in [0, 0.1) is 24.0 Å². The summed E-state index contributed by atoms with van der Waals surface area (Å²) < 4.78 is 9.36. The Labute approximate surface area is 233 Å². The predicted octanol–water partition coefficient (Wildman–Crippen LogP) is 4.46. The first-order chi connectivity index (χ1) is 19.2. The first-order valence-corrected chi connectivity index (χ1v) is 13.6. The van der Waals surface area contributed by atoms with E-state index in [2.05, 4.69) is 16.1 Å². The zero-order valence-electron chi connectivity index (χ0n) is 22.6. The number of thiazole rings is 1. The van der Waals surface area contributed by atoms with Crippen molar-refractivity contribution < 1.29 is 14.5 Å². The van der Waals surface area contributed by atoms with Gasteiger partial charge < -0.3 is 9.30 Å². The molecule has 0 fully saturated rings. The van der Waals surface area contributed by atoms with E-state index in [1.807, 2.05) is 43.3 Å². The molecule has 2 aromatic heterocycles. The Balaban J connectivity index is 1.79. The van der Waals surface area contributed by atoms with E-state index in [1.165, 1.54) is 22.0 Å². The number of aryl methyl sites for hydroxylation is 1. The zero-order valence-corrected chi connectivity index (χ0v) is 23.4. The van der Waals surface area contributed by atoms with E-state index in [0.29, 0.717) is 32.7 Å². The second-order valence-electron chi connectivity index (χ2n) is 9.52. The van der Waals surface area contributed by atoms with E-state index < -0.39 is 16.9 Å². The monoisotopic (exact) mass is 556 g/mol. The van der Waals surface area contributed by atoms with E-state index in [-0.39, 0.29) is 23.4 Å². The molecule has 1 aliphatic heterocycles. The fourth-order valence-corrected chi connectivity index (χ4v) is 6.26. The van der Waals surface area contributed by atoms with Gasteiger partial charge in [-0.2, -0.15) is 0 Å². The molecule has 5 rings (SSSR count). The smallest absolute Gasteiger partial charge is 0.338 e. The molecule has 0 amide bonds. The van der Waals surface area contributed by atoms with Crippen molar-refractivity contribution in [1.82, 2.24) is 9.13 Å². The van der Waals surface area contributed by atoms with Crippen molar-refractivity contribution in [3.63, 3.8) is 0 Å². The number of carbonyl (C=O) groups excluding carboxylic acids is 1. The number of ether oxygens (including phenoxy) is 1. The number of esters is 1. The topological polar surface area (TPSA) is 109 Å². The molecule has 0 radical (unpaired) electrons. The van der Waals surface area contributed by atoms with E-state index in [4.69, 9.17) is 4.74 Å². The molecule has 0 saturated carbocycles. The van der Waals surface area contributed by atoms with Crippen molar-refractivity contribution in [2.75, 3.05) is 6.61 Å². The lowest BCUT2D eigenvalue weighted by Crippen LogP contribution is -2.40. The van der Waals surface area contributed by atoms with Gasteiger partial charge in [-0.25, -0.2) is 9.79 Å². The van der Waals surface area contributed by atoms with Gasteiger partial charge in [0.2, 0.25) is 0 Å². The van der Waals surface area contributed by atoms with Crippen molar-refractivity contribution in [2.24, 2.45) is 4.99 Å². The summed E-state index contributed by atoms with van der Waals surface area (Å²) in [6, 6.07) is 11.8. The third kappa shape index (κ3) is 4.40. The minimum absolute atomic E-state index is 0.0943.